The molecule has 3 aromatic heterocycles. The van der Waals surface area contributed by atoms with Crippen LogP contribution < -0.4 is 5.73 Å². The number of hydrogen-bond donors (Lipinski definition) is 1. The quantitative estimate of drug-likeness (QED) is 0.738. The molecule has 0 spiro atoms. The van der Waals surface area contributed by atoms with E-state index < -0.39 is 0 Å². The highest BCUT2D eigenvalue weighted by Gasteiger charge is 2.14. The molecule has 20 heavy (non-hydrogen) atoms. The monoisotopic (exact) mass is 268 g/mol. The Morgan fingerprint density at radius 3 is 2.75 bits per heavy atom. The van der Waals surface area contributed by atoms with E-state index in [9.17, 15) is 0 Å². The molecule has 0 amide bonds. The minimum Gasteiger partial charge on any atom is -0.382 e. The molecule has 0 aliphatic rings. The van der Waals surface area contributed by atoms with Gasteiger partial charge in [0.05, 0.1) is 6.20 Å². The number of aromatic nitrogens is 6. The van der Waals surface area contributed by atoms with E-state index in [4.69, 9.17) is 11.0 Å². The van der Waals surface area contributed by atoms with Crippen molar-refractivity contribution in [3.05, 3.63) is 29.7 Å². The summed E-state index contributed by atoms with van der Waals surface area (Å²) >= 11 is 0. The second-order valence-corrected chi connectivity index (χ2v) is 4.64. The highest BCUT2D eigenvalue weighted by atomic mass is 15.4. The average molecular weight is 268 g/mol. The Hall–Kier alpha value is -2.95. The fraction of sp³-hybridized carbons (Fsp3) is 0.250. The maximum absolute atomic E-state index is 8.91. The minimum absolute atomic E-state index is 0.192. The van der Waals surface area contributed by atoms with Crippen molar-refractivity contribution in [2.45, 2.75) is 19.8 Å². The van der Waals surface area contributed by atoms with Crippen molar-refractivity contribution >= 4 is 11.5 Å². The Bertz CT molecular complexity index is 820. The molecule has 0 fully saturated rings. The summed E-state index contributed by atoms with van der Waals surface area (Å²) < 4.78 is 3.08. The fourth-order valence-corrected chi connectivity index (χ4v) is 1.90. The van der Waals surface area contributed by atoms with Gasteiger partial charge in [0.25, 0.3) is 0 Å². The number of nitrogens with zero attached hydrogens (tertiary/aromatic N) is 7. The van der Waals surface area contributed by atoms with Crippen molar-refractivity contribution in [3.8, 4) is 11.9 Å². The van der Waals surface area contributed by atoms with Crippen LogP contribution in [-0.4, -0.2) is 29.6 Å². The lowest BCUT2D eigenvalue weighted by molar-refractivity contribution is 0.705. The third kappa shape index (κ3) is 1.68. The van der Waals surface area contributed by atoms with Crippen LogP contribution in [0.15, 0.2) is 18.3 Å². The lowest BCUT2D eigenvalue weighted by Crippen LogP contribution is -2.09. The fourth-order valence-electron chi connectivity index (χ4n) is 1.90. The van der Waals surface area contributed by atoms with E-state index in [2.05, 4.69) is 20.4 Å². The number of hydrogen-bond acceptors (Lipinski definition) is 6. The molecule has 8 nitrogen and oxygen atoms in total. The van der Waals surface area contributed by atoms with Gasteiger partial charge in [-0.2, -0.15) is 19.6 Å². The predicted molar refractivity (Wildman–Crippen MR) is 71.1 cm³/mol. The van der Waals surface area contributed by atoms with Crippen molar-refractivity contribution in [2.24, 2.45) is 0 Å². The van der Waals surface area contributed by atoms with Crippen LogP contribution in [0.4, 0.5) is 5.82 Å². The van der Waals surface area contributed by atoms with E-state index in [0.29, 0.717) is 17.0 Å². The third-order valence-electron chi connectivity index (χ3n) is 2.93. The average Bonchev–Trinajstić information content (AvgIpc) is 3.01. The van der Waals surface area contributed by atoms with Gasteiger partial charge < -0.3 is 5.73 Å². The lowest BCUT2D eigenvalue weighted by Gasteiger charge is -2.05. The summed E-state index contributed by atoms with van der Waals surface area (Å²) in [6, 6.07) is 5.50. The maximum atomic E-state index is 8.91. The highest BCUT2D eigenvalue weighted by Crippen LogP contribution is 2.17. The van der Waals surface area contributed by atoms with E-state index in [1.807, 2.05) is 19.9 Å². The molecule has 0 saturated heterocycles. The molecule has 0 saturated carbocycles. The summed E-state index contributed by atoms with van der Waals surface area (Å²) in [6.07, 6.45) is 1.41. The van der Waals surface area contributed by atoms with Gasteiger partial charge >= 0.3 is 0 Å². The van der Waals surface area contributed by atoms with Crippen molar-refractivity contribution in [1.82, 2.24) is 29.6 Å². The van der Waals surface area contributed by atoms with Gasteiger partial charge in [0.2, 0.25) is 0 Å². The third-order valence-corrected chi connectivity index (χ3v) is 2.93. The zero-order chi connectivity index (χ0) is 14.3. The predicted octanol–water partition coefficient (Wildman–Crippen LogP) is 0.887. The standard InChI is InChI=1S/C12H12N8/c1-7(2)12-17-16-9-3-4-10(18-20(9)12)19-11(14)8(5-13)6-15-19/h3-4,6-7H,14H2,1-2H3. The Kier molecular flexibility index (Phi) is 2.61. The van der Waals surface area contributed by atoms with Crippen LogP contribution in [0.1, 0.15) is 31.2 Å². The molecule has 3 rings (SSSR count). The first-order chi connectivity index (χ1) is 9.61. The molecule has 3 heterocycles. The van der Waals surface area contributed by atoms with Crippen molar-refractivity contribution < 1.29 is 0 Å². The Labute approximate surface area is 114 Å². The molecule has 2 N–H and O–H groups in total. The number of nitriles is 1. The van der Waals surface area contributed by atoms with Crippen molar-refractivity contribution in [3.63, 3.8) is 0 Å². The number of anilines is 1. The molecule has 100 valence electrons. The second kappa shape index (κ2) is 4.31. The molecule has 0 atom stereocenters. The number of rotatable bonds is 2. The van der Waals surface area contributed by atoms with Gasteiger partial charge in [-0.25, -0.2) is 0 Å². The molecule has 0 radical (unpaired) electrons. The zero-order valence-electron chi connectivity index (χ0n) is 11.0. The van der Waals surface area contributed by atoms with Gasteiger partial charge in [-0.1, -0.05) is 13.8 Å². The van der Waals surface area contributed by atoms with Crippen LogP contribution in [0, 0.1) is 11.3 Å². The van der Waals surface area contributed by atoms with Crippen LogP contribution in [0.3, 0.4) is 0 Å². The first-order valence-corrected chi connectivity index (χ1v) is 6.08. The van der Waals surface area contributed by atoms with E-state index in [0.717, 1.165) is 5.82 Å². The van der Waals surface area contributed by atoms with Crippen LogP contribution >= 0.6 is 0 Å². The zero-order valence-corrected chi connectivity index (χ0v) is 11.0. The molecule has 0 aliphatic heterocycles. The first kappa shape index (κ1) is 12.1. The summed E-state index contributed by atoms with van der Waals surface area (Å²) in [5.74, 6) is 1.72. The normalized spacial score (nSPS) is 11.1. The van der Waals surface area contributed by atoms with Gasteiger partial charge in [0, 0.05) is 5.92 Å². The van der Waals surface area contributed by atoms with Gasteiger partial charge in [0.15, 0.2) is 17.3 Å². The van der Waals surface area contributed by atoms with Crippen LogP contribution in [0.5, 0.6) is 0 Å². The summed E-state index contributed by atoms with van der Waals surface area (Å²) in [5, 5.41) is 25.6. The molecule has 0 aliphatic carbocycles. The van der Waals surface area contributed by atoms with Gasteiger partial charge in [-0.3, -0.25) is 0 Å². The SMILES string of the molecule is CC(C)c1nnc2ccc(-n3ncc(C#N)c3N)nn12. The van der Waals surface area contributed by atoms with Crippen LogP contribution in [0.25, 0.3) is 11.5 Å². The Balaban J connectivity index is 2.19. The number of fused-ring (bicyclic) bond motifs is 1. The lowest BCUT2D eigenvalue weighted by atomic mass is 10.2. The Morgan fingerprint density at radius 1 is 1.30 bits per heavy atom. The van der Waals surface area contributed by atoms with Gasteiger partial charge in [-0.15, -0.1) is 15.3 Å². The summed E-state index contributed by atoms with van der Waals surface area (Å²) in [4.78, 5) is 0. The van der Waals surface area contributed by atoms with E-state index in [-0.39, 0.29) is 11.7 Å². The van der Waals surface area contributed by atoms with Gasteiger partial charge in [-0.05, 0) is 12.1 Å². The summed E-state index contributed by atoms with van der Waals surface area (Å²) in [7, 11) is 0. The maximum Gasteiger partial charge on any atom is 0.178 e. The second-order valence-electron chi connectivity index (χ2n) is 4.64. The van der Waals surface area contributed by atoms with Crippen LogP contribution in [0.2, 0.25) is 0 Å². The largest absolute Gasteiger partial charge is 0.382 e. The topological polar surface area (TPSA) is 111 Å². The number of nitrogen functional groups attached to an aromatic ring is 1. The molecule has 0 unspecified atom stereocenters. The highest BCUT2D eigenvalue weighted by molar-refractivity contribution is 5.51. The first-order valence-electron chi connectivity index (χ1n) is 6.08. The molecule has 0 bridgehead atoms. The summed E-state index contributed by atoms with van der Waals surface area (Å²) in [5.41, 5.74) is 6.84. The molecule has 8 heteroatoms. The van der Waals surface area contributed by atoms with Crippen molar-refractivity contribution in [2.75, 3.05) is 5.73 Å². The molecular formula is C12H12N8. The van der Waals surface area contributed by atoms with Crippen molar-refractivity contribution in [1.29, 1.82) is 5.26 Å². The molecular weight excluding hydrogens is 256 g/mol. The van der Waals surface area contributed by atoms with E-state index in [1.54, 1.807) is 16.6 Å². The molecule has 0 aromatic carbocycles. The van der Waals surface area contributed by atoms with E-state index in [1.165, 1.54) is 10.9 Å². The van der Waals surface area contributed by atoms with Gasteiger partial charge in [0.1, 0.15) is 17.5 Å². The molecule has 3 aromatic rings. The summed E-state index contributed by atoms with van der Waals surface area (Å²) in [6.45, 7) is 4.03. The van der Waals surface area contributed by atoms with Crippen LogP contribution in [-0.2, 0) is 0 Å². The minimum atomic E-state index is 0.192. The van der Waals surface area contributed by atoms with E-state index >= 15 is 0 Å². The smallest absolute Gasteiger partial charge is 0.178 e. The number of nitrogens with two attached hydrogens (primary N) is 1. The Morgan fingerprint density at radius 2 is 2.10 bits per heavy atom.